The summed E-state index contributed by atoms with van der Waals surface area (Å²) in [6.45, 7) is 0.839. The van der Waals surface area contributed by atoms with E-state index in [1.807, 2.05) is 13.0 Å². The van der Waals surface area contributed by atoms with Gasteiger partial charge in [0.05, 0.1) is 10.9 Å². The van der Waals surface area contributed by atoms with Crippen LogP contribution in [0.15, 0.2) is 36.4 Å². The van der Waals surface area contributed by atoms with Crippen molar-refractivity contribution in [2.24, 2.45) is 0 Å². The van der Waals surface area contributed by atoms with Crippen LogP contribution in [0.1, 0.15) is 45.9 Å². The smallest absolute Gasteiger partial charge is 0.387 e. The van der Waals surface area contributed by atoms with Crippen LogP contribution in [0.3, 0.4) is 0 Å². The van der Waals surface area contributed by atoms with E-state index in [-0.39, 0.29) is 36.3 Å². The number of carbonyl (C=O) groups is 2. The summed E-state index contributed by atoms with van der Waals surface area (Å²) in [5.74, 6) is -0.217. The van der Waals surface area contributed by atoms with Crippen molar-refractivity contribution in [2.75, 3.05) is 0 Å². The Labute approximate surface area is 148 Å². The summed E-state index contributed by atoms with van der Waals surface area (Å²) in [4.78, 5) is 25.7. The van der Waals surface area contributed by atoms with Crippen LogP contribution in [0.4, 0.5) is 8.78 Å². The lowest BCUT2D eigenvalue weighted by molar-refractivity contribution is -0.121. The molecule has 7 heteroatoms. The van der Waals surface area contributed by atoms with Crippen molar-refractivity contribution in [3.63, 3.8) is 0 Å². The Kier molecular flexibility index (Phi) is 6.64. The van der Waals surface area contributed by atoms with Gasteiger partial charge < -0.3 is 10.1 Å². The van der Waals surface area contributed by atoms with Gasteiger partial charge in [-0.05, 0) is 43.7 Å². The van der Waals surface area contributed by atoms with Crippen molar-refractivity contribution < 1.29 is 23.1 Å². The molecule has 2 rings (SSSR count). The van der Waals surface area contributed by atoms with Crippen molar-refractivity contribution in [1.82, 2.24) is 5.32 Å². The first-order valence-electron chi connectivity index (χ1n) is 7.79. The standard InChI is InChI=1S/C18H19F2NO3S/c1-11-3-9-16(25-11)15(22)8-10-17(23)21-12(2)13-4-6-14(7-5-13)24-18(19)20/h3-7,9,12,18H,8,10H2,1-2H3,(H,21,23). The average Bonchev–Trinajstić information content (AvgIpc) is 2.99. The summed E-state index contributed by atoms with van der Waals surface area (Å²) in [7, 11) is 0. The van der Waals surface area contributed by atoms with Gasteiger partial charge in [0.25, 0.3) is 0 Å². The number of ether oxygens (including phenoxy) is 1. The number of halogens is 2. The Morgan fingerprint density at radius 3 is 2.36 bits per heavy atom. The second kappa shape index (κ2) is 8.71. The highest BCUT2D eigenvalue weighted by Crippen LogP contribution is 2.20. The molecule has 1 amide bonds. The fraction of sp³-hybridized carbons (Fsp3) is 0.333. The molecule has 0 aliphatic carbocycles. The normalized spacial score (nSPS) is 12.0. The second-order valence-electron chi connectivity index (χ2n) is 5.57. The SMILES string of the molecule is Cc1ccc(C(=O)CCC(=O)NC(C)c2ccc(OC(F)F)cc2)s1. The number of nitrogens with one attached hydrogen (secondary N) is 1. The molecular formula is C18H19F2NO3S. The molecule has 1 heterocycles. The lowest BCUT2D eigenvalue weighted by atomic mass is 10.1. The van der Waals surface area contributed by atoms with Gasteiger partial charge in [0.15, 0.2) is 5.78 Å². The Balaban J connectivity index is 1.82. The maximum Gasteiger partial charge on any atom is 0.387 e. The van der Waals surface area contributed by atoms with E-state index < -0.39 is 6.61 Å². The first kappa shape index (κ1) is 19.1. The van der Waals surface area contributed by atoms with Crippen molar-refractivity contribution in [3.8, 4) is 5.75 Å². The predicted molar refractivity (Wildman–Crippen MR) is 92.3 cm³/mol. The molecule has 1 aromatic carbocycles. The van der Waals surface area contributed by atoms with Gasteiger partial charge in [0.1, 0.15) is 5.75 Å². The van der Waals surface area contributed by atoms with Gasteiger partial charge in [-0.3, -0.25) is 9.59 Å². The van der Waals surface area contributed by atoms with E-state index in [0.717, 1.165) is 10.4 Å². The molecule has 134 valence electrons. The average molecular weight is 367 g/mol. The number of benzene rings is 1. The molecule has 1 N–H and O–H groups in total. The second-order valence-corrected chi connectivity index (χ2v) is 6.86. The first-order chi connectivity index (χ1) is 11.8. The molecule has 1 unspecified atom stereocenters. The van der Waals surface area contributed by atoms with Crippen LogP contribution >= 0.6 is 11.3 Å². The number of hydrogen-bond acceptors (Lipinski definition) is 4. The van der Waals surface area contributed by atoms with Gasteiger partial charge in [0.2, 0.25) is 5.91 Å². The van der Waals surface area contributed by atoms with Gasteiger partial charge in [-0.25, -0.2) is 0 Å². The molecule has 0 saturated heterocycles. The zero-order valence-electron chi connectivity index (χ0n) is 13.9. The number of ketones is 1. The summed E-state index contributed by atoms with van der Waals surface area (Å²) >= 11 is 1.42. The number of carbonyl (C=O) groups excluding carboxylic acids is 2. The number of aryl methyl sites for hydroxylation is 1. The number of hydrogen-bond donors (Lipinski definition) is 1. The van der Waals surface area contributed by atoms with Crippen LogP contribution in [0.2, 0.25) is 0 Å². The summed E-state index contributed by atoms with van der Waals surface area (Å²) in [6, 6.07) is 9.42. The monoisotopic (exact) mass is 367 g/mol. The molecule has 1 aromatic heterocycles. The van der Waals surface area contributed by atoms with Crippen LogP contribution in [0, 0.1) is 6.92 Å². The minimum atomic E-state index is -2.87. The van der Waals surface area contributed by atoms with Gasteiger partial charge in [-0.15, -0.1) is 11.3 Å². The highest BCUT2D eigenvalue weighted by Gasteiger charge is 2.14. The maximum atomic E-state index is 12.1. The van der Waals surface area contributed by atoms with Crippen LogP contribution in [-0.4, -0.2) is 18.3 Å². The number of alkyl halides is 2. The molecule has 0 radical (unpaired) electrons. The molecule has 25 heavy (non-hydrogen) atoms. The number of thiophene rings is 1. The number of amides is 1. The largest absolute Gasteiger partial charge is 0.435 e. The minimum absolute atomic E-state index is 0.0468. The Morgan fingerprint density at radius 2 is 1.80 bits per heavy atom. The highest BCUT2D eigenvalue weighted by atomic mass is 32.1. The summed E-state index contributed by atoms with van der Waals surface area (Å²) in [6.07, 6.45) is 0.256. The lowest BCUT2D eigenvalue weighted by Gasteiger charge is -2.15. The number of Topliss-reactive ketones (excluding diaryl/α,β-unsaturated/α-hetero) is 1. The maximum absolute atomic E-state index is 12.1. The molecule has 4 nitrogen and oxygen atoms in total. The highest BCUT2D eigenvalue weighted by molar-refractivity contribution is 7.14. The van der Waals surface area contributed by atoms with Crippen LogP contribution in [0.25, 0.3) is 0 Å². The summed E-state index contributed by atoms with van der Waals surface area (Å²) in [5.41, 5.74) is 0.759. The van der Waals surface area contributed by atoms with E-state index >= 15 is 0 Å². The molecule has 0 spiro atoms. The van der Waals surface area contributed by atoms with E-state index in [9.17, 15) is 18.4 Å². The van der Waals surface area contributed by atoms with Crippen molar-refractivity contribution >= 4 is 23.0 Å². The van der Waals surface area contributed by atoms with Gasteiger partial charge in [-0.1, -0.05) is 12.1 Å². The van der Waals surface area contributed by atoms with Crippen molar-refractivity contribution in [1.29, 1.82) is 0 Å². The third-order valence-electron chi connectivity index (χ3n) is 3.58. The number of rotatable bonds is 8. The fourth-order valence-corrected chi connectivity index (χ4v) is 3.10. The quantitative estimate of drug-likeness (QED) is 0.699. The molecule has 0 aliphatic heterocycles. The van der Waals surface area contributed by atoms with Crippen LogP contribution < -0.4 is 10.1 Å². The zero-order valence-corrected chi connectivity index (χ0v) is 14.7. The van der Waals surface area contributed by atoms with Crippen molar-refractivity contribution in [2.45, 2.75) is 39.3 Å². The Hall–Kier alpha value is -2.28. The molecule has 0 bridgehead atoms. The van der Waals surface area contributed by atoms with E-state index in [4.69, 9.17) is 0 Å². The molecule has 0 fully saturated rings. The summed E-state index contributed by atoms with van der Waals surface area (Å²) < 4.78 is 28.5. The predicted octanol–water partition coefficient (Wildman–Crippen LogP) is 4.50. The molecule has 1 atom stereocenters. The third kappa shape index (κ3) is 5.94. The third-order valence-corrected chi connectivity index (χ3v) is 4.62. The van der Waals surface area contributed by atoms with Crippen LogP contribution in [-0.2, 0) is 4.79 Å². The molecular weight excluding hydrogens is 348 g/mol. The van der Waals surface area contributed by atoms with E-state index in [2.05, 4.69) is 10.1 Å². The Morgan fingerprint density at radius 1 is 1.12 bits per heavy atom. The van der Waals surface area contributed by atoms with Crippen LogP contribution in [0.5, 0.6) is 5.75 Å². The first-order valence-corrected chi connectivity index (χ1v) is 8.60. The van der Waals surface area contributed by atoms with E-state index in [1.165, 1.54) is 23.5 Å². The molecule has 2 aromatic rings. The van der Waals surface area contributed by atoms with E-state index in [0.29, 0.717) is 4.88 Å². The lowest BCUT2D eigenvalue weighted by Crippen LogP contribution is -2.26. The van der Waals surface area contributed by atoms with Crippen molar-refractivity contribution in [3.05, 3.63) is 51.7 Å². The molecule has 0 saturated carbocycles. The van der Waals surface area contributed by atoms with Gasteiger partial charge >= 0.3 is 6.61 Å². The van der Waals surface area contributed by atoms with E-state index in [1.54, 1.807) is 25.1 Å². The fourth-order valence-electron chi connectivity index (χ4n) is 2.27. The van der Waals surface area contributed by atoms with Gasteiger partial charge in [0, 0.05) is 17.7 Å². The Bertz CT molecular complexity index is 728. The summed E-state index contributed by atoms with van der Waals surface area (Å²) in [5, 5.41) is 2.79. The van der Waals surface area contributed by atoms with Gasteiger partial charge in [-0.2, -0.15) is 8.78 Å². The minimum Gasteiger partial charge on any atom is -0.435 e. The topological polar surface area (TPSA) is 55.4 Å². The molecule has 0 aliphatic rings. The zero-order chi connectivity index (χ0) is 18.4.